The Morgan fingerprint density at radius 2 is 2.00 bits per heavy atom. The molecule has 1 unspecified atom stereocenters. The fourth-order valence-corrected chi connectivity index (χ4v) is 7.01. The molecule has 5 rings (SSSR count). The molecule has 0 spiro atoms. The van der Waals surface area contributed by atoms with Gasteiger partial charge in [-0.15, -0.1) is 10.2 Å². The Kier molecular flexibility index (Phi) is 8.43. The van der Waals surface area contributed by atoms with Crippen molar-refractivity contribution in [2.45, 2.75) is 36.9 Å². The van der Waals surface area contributed by atoms with Gasteiger partial charge in [0.2, 0.25) is 11.0 Å². The molecule has 0 saturated carbocycles. The molecule has 0 radical (unpaired) electrons. The van der Waals surface area contributed by atoms with Crippen LogP contribution in [0.5, 0.6) is 11.5 Å². The number of rotatable bonds is 8. The number of benzene rings is 2. The zero-order chi connectivity index (χ0) is 30.9. The standard InChI is InChI=1S/C30H29FN6O4S2/c1-30(2)12-21-26(22(38)13-30)25(17-11-16(40-3)9-10-23(17)41-4)18(14-32)27(33)37(21)28-35-36-29(43-28)42-15-24(39)34-20-8-6-5-7-19(20)31/h5-11,25H,12-13,15,33H2,1-4H3,(H,34,39). The second-order valence-corrected chi connectivity index (χ2v) is 12.9. The average molecular weight is 621 g/mol. The van der Waals surface area contributed by atoms with Gasteiger partial charge >= 0.3 is 0 Å². The van der Waals surface area contributed by atoms with Crippen molar-refractivity contribution in [3.63, 3.8) is 0 Å². The molecule has 0 saturated heterocycles. The number of para-hydroxylation sites is 1. The number of carbonyl (C=O) groups excluding carboxylic acids is 2. The summed E-state index contributed by atoms with van der Waals surface area (Å²) in [6.07, 6.45) is 0.777. The molecule has 2 aliphatic rings. The summed E-state index contributed by atoms with van der Waals surface area (Å²) in [4.78, 5) is 27.9. The van der Waals surface area contributed by atoms with Gasteiger partial charge in [-0.1, -0.05) is 49.1 Å². The van der Waals surface area contributed by atoms with Crippen molar-refractivity contribution in [3.8, 4) is 17.6 Å². The summed E-state index contributed by atoms with van der Waals surface area (Å²) in [6, 6.07) is 13.4. The van der Waals surface area contributed by atoms with Crippen molar-refractivity contribution in [2.24, 2.45) is 11.1 Å². The quantitative estimate of drug-likeness (QED) is 0.316. The zero-order valence-corrected chi connectivity index (χ0v) is 25.6. The van der Waals surface area contributed by atoms with Gasteiger partial charge in [0, 0.05) is 23.3 Å². The molecule has 222 valence electrons. The molecule has 2 aromatic carbocycles. The van der Waals surface area contributed by atoms with Gasteiger partial charge in [-0.3, -0.25) is 14.5 Å². The summed E-state index contributed by atoms with van der Waals surface area (Å²) in [5.74, 6) is -0.670. The number of methoxy groups -OCH3 is 2. The minimum Gasteiger partial charge on any atom is -0.497 e. The van der Waals surface area contributed by atoms with Crippen LogP contribution in [-0.2, 0) is 9.59 Å². The number of hydrogen-bond donors (Lipinski definition) is 2. The van der Waals surface area contributed by atoms with Crippen LogP contribution in [0.3, 0.4) is 0 Å². The van der Waals surface area contributed by atoms with Crippen molar-refractivity contribution in [1.29, 1.82) is 5.26 Å². The third-order valence-corrected chi connectivity index (χ3v) is 9.23. The van der Waals surface area contributed by atoms with Crippen molar-refractivity contribution >= 4 is 45.6 Å². The molecule has 0 fully saturated rings. The van der Waals surface area contributed by atoms with Crippen LogP contribution in [0.2, 0.25) is 0 Å². The maximum absolute atomic E-state index is 13.9. The van der Waals surface area contributed by atoms with Gasteiger partial charge in [-0.05, 0) is 42.2 Å². The number of ether oxygens (including phenoxy) is 2. The van der Waals surface area contributed by atoms with Gasteiger partial charge in [-0.2, -0.15) is 5.26 Å². The lowest BCUT2D eigenvalue weighted by Crippen LogP contribution is -2.42. The van der Waals surface area contributed by atoms with Crippen LogP contribution in [0.1, 0.15) is 38.2 Å². The van der Waals surface area contributed by atoms with Crippen LogP contribution in [0.25, 0.3) is 0 Å². The molecule has 1 atom stereocenters. The smallest absolute Gasteiger partial charge is 0.234 e. The van der Waals surface area contributed by atoms with Crippen molar-refractivity contribution in [3.05, 3.63) is 76.5 Å². The van der Waals surface area contributed by atoms with Crippen molar-refractivity contribution < 1.29 is 23.5 Å². The predicted molar refractivity (Wildman–Crippen MR) is 162 cm³/mol. The van der Waals surface area contributed by atoms with Crippen LogP contribution in [0.4, 0.5) is 15.2 Å². The van der Waals surface area contributed by atoms with E-state index in [2.05, 4.69) is 21.6 Å². The van der Waals surface area contributed by atoms with Gasteiger partial charge in [0.25, 0.3) is 0 Å². The van der Waals surface area contributed by atoms with E-state index >= 15 is 0 Å². The second kappa shape index (κ2) is 12.1. The maximum atomic E-state index is 13.9. The number of nitrogens with two attached hydrogens (primary N) is 1. The number of halogens is 1. The lowest BCUT2D eigenvalue weighted by Gasteiger charge is -2.42. The van der Waals surface area contributed by atoms with E-state index in [4.69, 9.17) is 15.2 Å². The third kappa shape index (κ3) is 5.93. The van der Waals surface area contributed by atoms with Crippen molar-refractivity contribution in [2.75, 3.05) is 30.2 Å². The van der Waals surface area contributed by atoms with E-state index in [1.54, 1.807) is 29.2 Å². The Morgan fingerprint density at radius 3 is 2.70 bits per heavy atom. The fourth-order valence-electron chi connectivity index (χ4n) is 5.33. The Hall–Kier alpha value is -4.41. The Labute approximate surface area is 256 Å². The summed E-state index contributed by atoms with van der Waals surface area (Å²) in [6.45, 7) is 4.01. The molecule has 1 aliphatic heterocycles. The van der Waals surface area contributed by atoms with Crippen LogP contribution in [0, 0.1) is 22.6 Å². The van der Waals surface area contributed by atoms with E-state index in [9.17, 15) is 19.2 Å². The second-order valence-electron chi connectivity index (χ2n) is 10.8. The first-order chi connectivity index (χ1) is 20.6. The Balaban J connectivity index is 1.52. The van der Waals surface area contributed by atoms with E-state index < -0.39 is 17.6 Å². The number of carbonyl (C=O) groups is 2. The summed E-state index contributed by atoms with van der Waals surface area (Å²) >= 11 is 2.30. The number of aromatic nitrogens is 2. The normalized spacial score (nSPS) is 17.8. The average Bonchev–Trinajstić information content (AvgIpc) is 3.44. The predicted octanol–water partition coefficient (Wildman–Crippen LogP) is 5.37. The minimum atomic E-state index is -0.770. The lowest BCUT2D eigenvalue weighted by atomic mass is 9.68. The molecule has 2 heterocycles. The number of nitrogens with one attached hydrogen (secondary N) is 1. The molecule has 1 aromatic heterocycles. The monoisotopic (exact) mass is 620 g/mol. The van der Waals surface area contributed by atoms with E-state index in [1.807, 2.05) is 13.8 Å². The number of ketones is 1. The highest BCUT2D eigenvalue weighted by Crippen LogP contribution is 2.52. The molecule has 3 aromatic rings. The SMILES string of the molecule is COc1ccc(OC)c(C2C(C#N)=C(N)N(c3nnc(SCC(=O)Nc4ccccc4F)s3)C3=C2C(=O)CC(C)(C)C3)c1. The zero-order valence-electron chi connectivity index (χ0n) is 23.9. The van der Waals surface area contributed by atoms with Gasteiger partial charge in [0.05, 0.1) is 43.2 Å². The molecular weight excluding hydrogens is 592 g/mol. The molecule has 43 heavy (non-hydrogen) atoms. The van der Waals surface area contributed by atoms with E-state index in [-0.39, 0.29) is 40.5 Å². The van der Waals surface area contributed by atoms with Crippen LogP contribution in [0.15, 0.2) is 69.5 Å². The van der Waals surface area contributed by atoms with Crippen LogP contribution in [-0.4, -0.2) is 41.9 Å². The molecule has 1 amide bonds. The topological polar surface area (TPSA) is 143 Å². The summed E-state index contributed by atoms with van der Waals surface area (Å²) in [5, 5.41) is 21.8. The van der Waals surface area contributed by atoms with Gasteiger partial charge in [0.15, 0.2) is 10.1 Å². The van der Waals surface area contributed by atoms with Crippen molar-refractivity contribution in [1.82, 2.24) is 10.2 Å². The Morgan fingerprint density at radius 1 is 1.23 bits per heavy atom. The highest BCUT2D eigenvalue weighted by Gasteiger charge is 2.46. The van der Waals surface area contributed by atoms with Crippen LogP contribution >= 0.6 is 23.1 Å². The maximum Gasteiger partial charge on any atom is 0.234 e. The number of amides is 1. The fraction of sp³-hybridized carbons (Fsp3) is 0.300. The van der Waals surface area contributed by atoms with Gasteiger partial charge in [-0.25, -0.2) is 4.39 Å². The van der Waals surface area contributed by atoms with E-state index in [0.29, 0.717) is 44.2 Å². The molecule has 13 heteroatoms. The first-order valence-electron chi connectivity index (χ1n) is 13.3. The summed E-state index contributed by atoms with van der Waals surface area (Å²) in [5.41, 5.74) is 8.29. The third-order valence-electron chi connectivity index (χ3n) is 7.19. The van der Waals surface area contributed by atoms with E-state index in [1.165, 1.54) is 43.8 Å². The van der Waals surface area contributed by atoms with E-state index in [0.717, 1.165) is 11.8 Å². The minimum absolute atomic E-state index is 0.0328. The first-order valence-corrected chi connectivity index (χ1v) is 15.1. The number of hydrogen-bond acceptors (Lipinski definition) is 11. The van der Waals surface area contributed by atoms with Gasteiger partial charge < -0.3 is 20.5 Å². The molecule has 3 N–H and O–H groups in total. The summed E-state index contributed by atoms with van der Waals surface area (Å²) < 4.78 is 25.5. The summed E-state index contributed by atoms with van der Waals surface area (Å²) in [7, 11) is 3.06. The molecule has 1 aliphatic carbocycles. The Bertz CT molecular complexity index is 1710. The van der Waals surface area contributed by atoms with Crippen LogP contribution < -0.4 is 25.4 Å². The first kappa shape index (κ1) is 30.1. The highest BCUT2D eigenvalue weighted by atomic mass is 32.2. The lowest BCUT2D eigenvalue weighted by molar-refractivity contribution is -0.118. The number of Topliss-reactive ketones (excluding diaryl/α,β-unsaturated/α-hetero) is 1. The number of allylic oxidation sites excluding steroid dienone is 3. The largest absolute Gasteiger partial charge is 0.497 e. The molecule has 10 nitrogen and oxygen atoms in total. The van der Waals surface area contributed by atoms with Gasteiger partial charge in [0.1, 0.15) is 23.1 Å². The number of nitriles is 1. The number of thioether (sulfide) groups is 1. The number of anilines is 2. The number of nitrogens with zero attached hydrogens (tertiary/aromatic N) is 4. The highest BCUT2D eigenvalue weighted by molar-refractivity contribution is 8.01. The molecular formula is C30H29FN6O4S2. The molecule has 0 bridgehead atoms.